The van der Waals surface area contributed by atoms with Gasteiger partial charge in [-0.2, -0.15) is 0 Å². The topological polar surface area (TPSA) is 102 Å². The SMILES string of the molecule is C[Si](C)(C)O[Si](C)(C)O[Si](C)(C)O[Si](C)(C)O[Si](C)(C)O[Si](C)(C)O[Si](C)(C)O[Si](C)(C)O[Si](C)(C)O[Si](C)(C)O[Si](C)(C)O[Si](C)(C)C. The normalized spacial score (nSPS) is 16.0. The van der Waals surface area contributed by atoms with Crippen LogP contribution in [0, 0.1) is 0 Å². The molecule has 49 heavy (non-hydrogen) atoms. The van der Waals surface area contributed by atoms with Gasteiger partial charge in [-0.25, -0.2) is 0 Å². The zero-order chi connectivity index (χ0) is 39.8. The van der Waals surface area contributed by atoms with Crippen molar-refractivity contribution in [3.63, 3.8) is 0 Å². The predicted octanol–water partition coefficient (Wildman–Crippen LogP) is 9.86. The van der Waals surface area contributed by atoms with Crippen molar-refractivity contribution in [2.45, 2.75) is 170 Å². The second kappa shape index (κ2) is 16.7. The third kappa shape index (κ3) is 25.0. The van der Waals surface area contributed by atoms with Gasteiger partial charge in [-0.05, 0) is 170 Å². The summed E-state index contributed by atoms with van der Waals surface area (Å²) < 4.78 is 73.4. The van der Waals surface area contributed by atoms with Gasteiger partial charge in [0.15, 0.2) is 16.6 Å². The Labute approximate surface area is 315 Å². The molecule has 0 amide bonds. The van der Waals surface area contributed by atoms with E-state index in [9.17, 15) is 0 Å². The lowest BCUT2D eigenvalue weighted by Gasteiger charge is -2.45. The van der Waals surface area contributed by atoms with Crippen molar-refractivity contribution in [3.05, 3.63) is 0 Å². The summed E-state index contributed by atoms with van der Waals surface area (Å²) in [5.74, 6) is 0. The van der Waals surface area contributed by atoms with Gasteiger partial charge in [-0.15, -0.1) is 0 Å². The third-order valence-electron chi connectivity index (χ3n) is 5.53. The van der Waals surface area contributed by atoms with Crippen molar-refractivity contribution in [2.75, 3.05) is 0 Å². The molecule has 0 spiro atoms. The van der Waals surface area contributed by atoms with Gasteiger partial charge in [0.25, 0.3) is 0 Å². The zero-order valence-electron chi connectivity index (χ0n) is 36.5. The van der Waals surface area contributed by atoms with Gasteiger partial charge >= 0.3 is 85.6 Å². The van der Waals surface area contributed by atoms with Crippen LogP contribution in [0.1, 0.15) is 0 Å². The van der Waals surface area contributed by atoms with Crippen LogP contribution in [0.15, 0.2) is 0 Å². The van der Waals surface area contributed by atoms with Crippen LogP contribution >= 0.6 is 0 Å². The smallest absolute Gasteiger partial charge is 0.314 e. The van der Waals surface area contributed by atoms with E-state index < -0.39 is 102 Å². The maximum Gasteiger partial charge on any atom is 0.314 e. The molecule has 0 heterocycles. The molecule has 0 bridgehead atoms. The lowest BCUT2D eigenvalue weighted by Crippen LogP contribution is -2.62. The average molecular weight is 904 g/mol. The molecule has 0 aliphatic rings. The van der Waals surface area contributed by atoms with E-state index in [1.54, 1.807) is 0 Å². The Morgan fingerprint density at radius 1 is 0.143 bits per heavy atom. The summed E-state index contributed by atoms with van der Waals surface area (Å²) >= 11 is 0. The van der Waals surface area contributed by atoms with Crippen LogP contribution in [0.3, 0.4) is 0 Å². The Bertz CT molecular complexity index is 989. The number of hydrogen-bond acceptors (Lipinski definition) is 11. The molecule has 0 aliphatic carbocycles. The molecule has 0 unspecified atom stereocenters. The van der Waals surface area contributed by atoms with E-state index in [0.717, 1.165) is 0 Å². The summed E-state index contributed by atoms with van der Waals surface area (Å²) in [6.45, 7) is 54.8. The van der Waals surface area contributed by atoms with Crippen LogP contribution in [0.5, 0.6) is 0 Å². The Morgan fingerprint density at radius 2 is 0.224 bits per heavy atom. The fourth-order valence-corrected chi connectivity index (χ4v) is 66.8. The maximum absolute atomic E-state index is 6.80. The fourth-order valence-electron chi connectivity index (χ4n) is 7.01. The molecule has 0 atom stereocenters. The number of hydrogen-bond donors (Lipinski definition) is 0. The minimum atomic E-state index is -2.70. The second-order valence-electron chi connectivity index (χ2n) is 19.3. The number of rotatable bonds is 22. The first-order chi connectivity index (χ1) is 20.8. The van der Waals surface area contributed by atoms with E-state index in [4.69, 9.17) is 45.3 Å². The molecular formula is C26H78O11Si12. The molecule has 0 saturated carbocycles. The van der Waals surface area contributed by atoms with Gasteiger partial charge < -0.3 is 45.3 Å². The molecule has 0 N–H and O–H groups in total. The van der Waals surface area contributed by atoms with E-state index in [1.165, 1.54) is 0 Å². The van der Waals surface area contributed by atoms with E-state index in [2.05, 4.69) is 170 Å². The summed E-state index contributed by atoms with van der Waals surface area (Å²) in [5, 5.41) is 0. The molecule has 0 aromatic carbocycles. The lowest BCUT2D eigenvalue weighted by atomic mass is 11.8. The van der Waals surface area contributed by atoms with E-state index in [1.807, 2.05) is 0 Å². The molecule has 0 rings (SSSR count). The Kier molecular flexibility index (Phi) is 17.5. The van der Waals surface area contributed by atoms with Crippen molar-refractivity contribution in [2.24, 2.45) is 0 Å². The zero-order valence-corrected chi connectivity index (χ0v) is 48.5. The molecular weight excluding hydrogens is 825 g/mol. The van der Waals surface area contributed by atoms with Crippen molar-refractivity contribution in [3.8, 4) is 0 Å². The first-order valence-electron chi connectivity index (χ1n) is 17.5. The van der Waals surface area contributed by atoms with Gasteiger partial charge in [-0.1, -0.05) is 0 Å². The van der Waals surface area contributed by atoms with Gasteiger partial charge in [0.2, 0.25) is 0 Å². The summed E-state index contributed by atoms with van der Waals surface area (Å²) in [6, 6.07) is 0. The summed E-state index contributed by atoms with van der Waals surface area (Å²) in [4.78, 5) is 0. The van der Waals surface area contributed by atoms with Crippen LogP contribution in [0.4, 0.5) is 0 Å². The molecule has 0 aliphatic heterocycles. The Balaban J connectivity index is 5.55. The highest BCUT2D eigenvalue weighted by molar-refractivity contribution is 6.93. The highest BCUT2D eigenvalue weighted by Gasteiger charge is 2.51. The van der Waals surface area contributed by atoms with Crippen LogP contribution < -0.4 is 0 Å². The molecule has 0 fully saturated rings. The highest BCUT2D eigenvalue weighted by Crippen LogP contribution is 2.31. The molecule has 296 valence electrons. The Morgan fingerprint density at radius 3 is 0.306 bits per heavy atom. The minimum Gasteiger partial charge on any atom is -0.437 e. The van der Waals surface area contributed by atoms with E-state index >= 15 is 0 Å². The van der Waals surface area contributed by atoms with Gasteiger partial charge in [0.1, 0.15) is 0 Å². The van der Waals surface area contributed by atoms with Gasteiger partial charge in [0.05, 0.1) is 0 Å². The molecule has 0 saturated heterocycles. The van der Waals surface area contributed by atoms with Crippen LogP contribution in [-0.2, 0) is 45.3 Å². The first-order valence-corrected chi connectivity index (χ1v) is 52.5. The highest BCUT2D eigenvalue weighted by atomic mass is 28.5. The van der Waals surface area contributed by atoms with Crippen LogP contribution in [0.25, 0.3) is 0 Å². The summed E-state index contributed by atoms with van der Waals surface area (Å²) in [6.07, 6.45) is 0. The van der Waals surface area contributed by atoms with Crippen molar-refractivity contribution < 1.29 is 45.3 Å². The van der Waals surface area contributed by atoms with Crippen LogP contribution in [0.2, 0.25) is 170 Å². The maximum atomic E-state index is 6.80. The van der Waals surface area contributed by atoms with Crippen molar-refractivity contribution in [1.29, 1.82) is 0 Å². The molecule has 0 radical (unpaired) electrons. The lowest BCUT2D eigenvalue weighted by molar-refractivity contribution is 0.253. The molecule has 0 aromatic rings. The minimum absolute atomic E-state index is 1.75. The van der Waals surface area contributed by atoms with Crippen molar-refractivity contribution >= 4 is 102 Å². The monoisotopic (exact) mass is 902 g/mol. The average Bonchev–Trinajstić information content (AvgIpc) is 2.52. The van der Waals surface area contributed by atoms with Gasteiger partial charge in [0, 0.05) is 0 Å². The Hall–Kier alpha value is 2.16. The summed E-state index contributed by atoms with van der Waals surface area (Å²) in [5.41, 5.74) is 0. The fraction of sp³-hybridized carbons (Fsp3) is 1.00. The van der Waals surface area contributed by atoms with Crippen molar-refractivity contribution in [1.82, 2.24) is 0 Å². The standard InChI is InChI=1S/C26H78O11Si12/c1-38(2,3)27-40(7,8)29-42(11,12)31-44(15,16)33-46(19,20)35-48(23,24)37-49(25,26)36-47(21,22)34-45(17,18)32-43(13,14)30-41(9,10)28-39(4,5)6/h1-26H3. The second-order valence-corrected chi connectivity index (χ2v) is 64.8. The molecule has 11 nitrogen and oxygen atoms in total. The third-order valence-corrected chi connectivity index (χ3v) is 49.8. The molecule has 0 aromatic heterocycles. The van der Waals surface area contributed by atoms with Crippen LogP contribution in [-0.4, -0.2) is 102 Å². The summed E-state index contributed by atoms with van der Waals surface area (Å²) in [7, 11) is -29.4. The molecule has 23 heteroatoms. The van der Waals surface area contributed by atoms with Gasteiger partial charge in [-0.3, -0.25) is 0 Å². The predicted molar refractivity (Wildman–Crippen MR) is 233 cm³/mol. The van der Waals surface area contributed by atoms with E-state index in [-0.39, 0.29) is 0 Å². The quantitative estimate of drug-likeness (QED) is 0.0971. The van der Waals surface area contributed by atoms with E-state index in [0.29, 0.717) is 0 Å². The largest absolute Gasteiger partial charge is 0.437 e. The first kappa shape index (κ1) is 51.2.